The minimum Gasteiger partial charge on any atom is -0.462 e. The molecule has 0 amide bonds. The molecule has 6 nitrogen and oxygen atoms in total. The highest BCUT2D eigenvalue weighted by molar-refractivity contribution is 5.71. The smallest absolute Gasteiger partial charge is 0.306 e. The Balaban J connectivity index is 4.59. The Labute approximate surface area is 359 Å². The number of unbranched alkanes of at least 4 members (excludes halogenated alkanes) is 11. The van der Waals surface area contributed by atoms with Crippen LogP contribution in [0.3, 0.4) is 0 Å². The van der Waals surface area contributed by atoms with Gasteiger partial charge in [0.05, 0.1) is 0 Å². The second-order valence-corrected chi connectivity index (χ2v) is 14.1. The van der Waals surface area contributed by atoms with Gasteiger partial charge in [-0.1, -0.05) is 199 Å². The number of carbonyl (C=O) groups excluding carboxylic acids is 3. The van der Waals surface area contributed by atoms with Crippen molar-refractivity contribution >= 4 is 17.9 Å². The number of carbonyl (C=O) groups is 3. The maximum absolute atomic E-state index is 12.7. The fraction of sp³-hybridized carbons (Fsp3) is 0.491. The summed E-state index contributed by atoms with van der Waals surface area (Å²) in [5, 5.41) is 0. The average Bonchev–Trinajstić information content (AvgIpc) is 3.23. The Bertz CT molecular complexity index is 1390. The monoisotopic (exact) mass is 811 g/mol. The van der Waals surface area contributed by atoms with E-state index >= 15 is 0 Å². The number of allylic oxidation sites excluding steroid dienone is 24. The highest BCUT2D eigenvalue weighted by Crippen LogP contribution is 2.10. The quantitative estimate of drug-likeness (QED) is 0.0204. The lowest BCUT2D eigenvalue weighted by molar-refractivity contribution is -0.167. The number of hydrogen-bond acceptors (Lipinski definition) is 6. The van der Waals surface area contributed by atoms with Crippen LogP contribution < -0.4 is 0 Å². The van der Waals surface area contributed by atoms with Gasteiger partial charge in [-0.05, 0) is 77.0 Å². The van der Waals surface area contributed by atoms with Crippen LogP contribution in [0.4, 0.5) is 0 Å². The Kier molecular flexibility index (Phi) is 42.3. The number of esters is 3. The Morgan fingerprint density at radius 2 is 0.695 bits per heavy atom. The highest BCUT2D eigenvalue weighted by atomic mass is 16.6. The maximum Gasteiger partial charge on any atom is 0.306 e. The zero-order valence-corrected chi connectivity index (χ0v) is 36.9. The third-order valence-corrected chi connectivity index (χ3v) is 8.60. The van der Waals surface area contributed by atoms with Crippen molar-refractivity contribution in [2.75, 3.05) is 13.2 Å². The summed E-state index contributed by atoms with van der Waals surface area (Å²) in [5.74, 6) is -1.07. The van der Waals surface area contributed by atoms with Gasteiger partial charge in [-0.25, -0.2) is 0 Å². The Hall–Kier alpha value is -4.71. The van der Waals surface area contributed by atoms with E-state index in [1.54, 1.807) is 0 Å². The summed E-state index contributed by atoms with van der Waals surface area (Å²) in [7, 11) is 0. The van der Waals surface area contributed by atoms with E-state index in [1.165, 1.54) is 25.7 Å². The van der Waals surface area contributed by atoms with E-state index < -0.39 is 6.10 Å². The van der Waals surface area contributed by atoms with Crippen molar-refractivity contribution in [2.24, 2.45) is 0 Å². The van der Waals surface area contributed by atoms with Crippen molar-refractivity contribution in [3.8, 4) is 0 Å². The van der Waals surface area contributed by atoms with Gasteiger partial charge in [0.25, 0.3) is 0 Å². The van der Waals surface area contributed by atoms with Gasteiger partial charge in [0.15, 0.2) is 6.10 Å². The zero-order valence-electron chi connectivity index (χ0n) is 36.9. The minimum atomic E-state index is -0.832. The molecule has 0 radical (unpaired) electrons. The van der Waals surface area contributed by atoms with Crippen molar-refractivity contribution < 1.29 is 28.6 Å². The van der Waals surface area contributed by atoms with Crippen LogP contribution in [0, 0.1) is 0 Å². The van der Waals surface area contributed by atoms with Gasteiger partial charge in [-0.2, -0.15) is 0 Å². The molecule has 0 aliphatic carbocycles. The van der Waals surface area contributed by atoms with Crippen molar-refractivity contribution in [2.45, 2.75) is 155 Å². The highest BCUT2D eigenvalue weighted by Gasteiger charge is 2.19. The van der Waals surface area contributed by atoms with Crippen LogP contribution in [0.15, 0.2) is 146 Å². The van der Waals surface area contributed by atoms with Crippen molar-refractivity contribution in [3.63, 3.8) is 0 Å². The SMILES string of the molecule is CC\C=C/C=C\C=C/C=C\C=C\C=C/C=C\CCCCCC(=O)OCC(COC(=O)CCC/C=C\CCCCCC)OC(=O)CCCCC\C=C/C=C\C=C/C=C\CC. The van der Waals surface area contributed by atoms with Gasteiger partial charge in [0, 0.05) is 19.3 Å². The summed E-state index contributed by atoms with van der Waals surface area (Å²) in [5.41, 5.74) is 0. The number of hydrogen-bond donors (Lipinski definition) is 0. The molecule has 0 heterocycles. The maximum atomic E-state index is 12.7. The van der Waals surface area contributed by atoms with Crippen molar-refractivity contribution in [1.82, 2.24) is 0 Å². The lowest BCUT2D eigenvalue weighted by atomic mass is 10.1. The molecular formula is C53H78O6. The van der Waals surface area contributed by atoms with Crippen LogP contribution in [0.5, 0.6) is 0 Å². The molecule has 0 rings (SSSR count). The normalized spacial score (nSPS) is 13.5. The second-order valence-electron chi connectivity index (χ2n) is 14.1. The summed E-state index contributed by atoms with van der Waals surface area (Å²) >= 11 is 0. The summed E-state index contributed by atoms with van der Waals surface area (Å²) in [6.07, 6.45) is 65.5. The van der Waals surface area contributed by atoms with E-state index in [1.807, 2.05) is 109 Å². The van der Waals surface area contributed by atoms with Crippen LogP contribution in [0.25, 0.3) is 0 Å². The predicted octanol–water partition coefficient (Wildman–Crippen LogP) is 14.5. The predicted molar refractivity (Wildman–Crippen MR) is 251 cm³/mol. The van der Waals surface area contributed by atoms with Gasteiger partial charge in [-0.3, -0.25) is 14.4 Å². The van der Waals surface area contributed by atoms with Gasteiger partial charge in [0.2, 0.25) is 0 Å². The van der Waals surface area contributed by atoms with Crippen LogP contribution in [-0.4, -0.2) is 37.2 Å². The molecule has 1 atom stereocenters. The summed E-state index contributed by atoms with van der Waals surface area (Å²) in [4.78, 5) is 37.7. The molecule has 0 aromatic rings. The first-order valence-electron chi connectivity index (χ1n) is 22.5. The molecule has 0 spiro atoms. The lowest BCUT2D eigenvalue weighted by Crippen LogP contribution is -2.30. The summed E-state index contributed by atoms with van der Waals surface area (Å²) < 4.78 is 16.6. The molecule has 0 aromatic heterocycles. The van der Waals surface area contributed by atoms with Crippen LogP contribution in [-0.2, 0) is 28.6 Å². The van der Waals surface area contributed by atoms with E-state index in [0.29, 0.717) is 19.3 Å². The van der Waals surface area contributed by atoms with E-state index in [-0.39, 0.29) is 50.4 Å². The molecule has 0 saturated carbocycles. The van der Waals surface area contributed by atoms with Gasteiger partial charge in [-0.15, -0.1) is 0 Å². The first kappa shape index (κ1) is 54.3. The van der Waals surface area contributed by atoms with Crippen LogP contribution in [0.2, 0.25) is 0 Å². The first-order chi connectivity index (χ1) is 29.0. The van der Waals surface area contributed by atoms with Gasteiger partial charge < -0.3 is 14.2 Å². The van der Waals surface area contributed by atoms with E-state index in [0.717, 1.165) is 64.2 Å². The van der Waals surface area contributed by atoms with Crippen LogP contribution in [0.1, 0.15) is 149 Å². The second kappa shape index (κ2) is 46.0. The average molecular weight is 811 g/mol. The number of ether oxygens (including phenoxy) is 3. The molecule has 1 unspecified atom stereocenters. The van der Waals surface area contributed by atoms with Crippen molar-refractivity contribution in [3.05, 3.63) is 146 Å². The molecule has 0 fully saturated rings. The minimum absolute atomic E-state index is 0.132. The molecular weight excluding hydrogens is 733 g/mol. The zero-order chi connectivity index (χ0) is 43.0. The van der Waals surface area contributed by atoms with Gasteiger partial charge >= 0.3 is 17.9 Å². The topological polar surface area (TPSA) is 78.9 Å². The molecule has 6 heteroatoms. The third-order valence-electron chi connectivity index (χ3n) is 8.60. The number of rotatable bonds is 37. The fourth-order valence-electron chi connectivity index (χ4n) is 5.26. The fourth-order valence-corrected chi connectivity index (χ4v) is 5.26. The van der Waals surface area contributed by atoms with E-state index in [4.69, 9.17) is 14.2 Å². The van der Waals surface area contributed by atoms with E-state index in [2.05, 4.69) is 57.2 Å². The first-order valence-corrected chi connectivity index (χ1v) is 22.5. The molecule has 59 heavy (non-hydrogen) atoms. The Morgan fingerprint density at radius 1 is 0.356 bits per heavy atom. The van der Waals surface area contributed by atoms with E-state index in [9.17, 15) is 14.4 Å². The third kappa shape index (κ3) is 44.2. The molecule has 326 valence electrons. The molecule has 0 aromatic carbocycles. The van der Waals surface area contributed by atoms with Crippen LogP contribution >= 0.6 is 0 Å². The lowest BCUT2D eigenvalue weighted by Gasteiger charge is -2.18. The van der Waals surface area contributed by atoms with Crippen molar-refractivity contribution in [1.29, 1.82) is 0 Å². The van der Waals surface area contributed by atoms with Gasteiger partial charge in [0.1, 0.15) is 13.2 Å². The summed E-state index contributed by atoms with van der Waals surface area (Å²) in [6, 6.07) is 0. The molecule has 0 N–H and O–H groups in total. The molecule has 0 saturated heterocycles. The summed E-state index contributed by atoms with van der Waals surface area (Å²) in [6.45, 7) is 6.16. The molecule has 0 aliphatic rings. The Morgan fingerprint density at radius 3 is 1.12 bits per heavy atom. The largest absolute Gasteiger partial charge is 0.462 e. The standard InChI is InChI=1S/C53H78O6/c1-4-7-10-13-16-19-21-23-24-25-26-27-28-30-31-34-37-40-43-46-52(55)58-49-50(48-57-51(54)45-42-39-36-33-18-15-12-9-6-3)59-53(56)47-44-41-38-35-32-29-22-20-17-14-11-8-5-2/h7-8,10-11,13-14,16-17,19-33,36,50H,4-6,9,12,15,18,34-35,37-49H2,1-3H3/b10-7-,11-8-,16-13-,17-14-,21-19-,22-20-,24-23-,26-25+,28-27-,31-30-,32-29-,36-33-. The molecule has 0 bridgehead atoms. The molecule has 0 aliphatic heterocycles.